The van der Waals surface area contributed by atoms with Gasteiger partial charge in [-0.05, 0) is 37.2 Å². The van der Waals surface area contributed by atoms with Crippen molar-refractivity contribution in [2.45, 2.75) is 63.5 Å². The lowest BCUT2D eigenvalue weighted by Gasteiger charge is -2.47. The number of nitrogens with zero attached hydrogens (tertiary/aromatic N) is 1. The second-order valence-corrected chi connectivity index (χ2v) is 7.81. The Hall–Kier alpha value is -0.800. The highest BCUT2D eigenvalue weighted by Gasteiger charge is 2.49. The fourth-order valence-corrected chi connectivity index (χ4v) is 3.96. The molecule has 2 N–H and O–H groups in total. The summed E-state index contributed by atoms with van der Waals surface area (Å²) in [5.41, 5.74) is 8.82. The van der Waals surface area contributed by atoms with E-state index in [4.69, 9.17) is 22.1 Å². The summed E-state index contributed by atoms with van der Waals surface area (Å²) in [7, 11) is 0. The predicted molar refractivity (Wildman–Crippen MR) is 79.1 cm³/mol. The lowest BCUT2D eigenvalue weighted by atomic mass is 9.73. The van der Waals surface area contributed by atoms with Gasteiger partial charge in [-0.3, -0.25) is 0 Å². The number of rotatable bonds is 1. The molecular formula is C16H21ClN2O. The molecule has 1 aromatic heterocycles. The summed E-state index contributed by atoms with van der Waals surface area (Å²) in [6.07, 6.45) is 5.49. The minimum Gasteiger partial charge on any atom is -0.484 e. The molecule has 0 aromatic carbocycles. The van der Waals surface area contributed by atoms with E-state index in [0.717, 1.165) is 36.3 Å². The summed E-state index contributed by atoms with van der Waals surface area (Å²) in [6, 6.07) is 2.16. The summed E-state index contributed by atoms with van der Waals surface area (Å²) < 4.78 is 6.19. The quantitative estimate of drug-likeness (QED) is 0.797. The van der Waals surface area contributed by atoms with Gasteiger partial charge >= 0.3 is 0 Å². The Bertz CT molecular complexity index is 580. The van der Waals surface area contributed by atoms with E-state index in [0.29, 0.717) is 16.5 Å². The Morgan fingerprint density at radius 2 is 2.05 bits per heavy atom. The average Bonchev–Trinajstić information content (AvgIpc) is 2.97. The van der Waals surface area contributed by atoms with Crippen LogP contribution < -0.4 is 10.5 Å². The number of nitrogens with two attached hydrogens (primary N) is 1. The Kier molecular flexibility index (Phi) is 2.51. The summed E-state index contributed by atoms with van der Waals surface area (Å²) in [6.45, 7) is 4.54. The van der Waals surface area contributed by atoms with Crippen molar-refractivity contribution in [1.29, 1.82) is 0 Å². The summed E-state index contributed by atoms with van der Waals surface area (Å²) in [4.78, 5) is 4.59. The van der Waals surface area contributed by atoms with Crippen molar-refractivity contribution < 1.29 is 4.74 Å². The molecule has 3 aliphatic rings. The molecule has 1 aliphatic heterocycles. The van der Waals surface area contributed by atoms with Gasteiger partial charge in [-0.25, -0.2) is 4.98 Å². The first-order valence-corrected chi connectivity index (χ1v) is 7.93. The smallest absolute Gasteiger partial charge is 0.171 e. The SMILES string of the molecule is CC1(C)CC1c1cc2c(c(Cl)n1)OC1(CCC1)C[C@@H]2N. The third-order valence-electron chi connectivity index (χ3n) is 5.43. The minimum absolute atomic E-state index is 0.0279. The van der Waals surface area contributed by atoms with Gasteiger partial charge in [0, 0.05) is 29.6 Å². The maximum atomic E-state index is 6.39. The molecule has 20 heavy (non-hydrogen) atoms. The van der Waals surface area contributed by atoms with Crippen molar-refractivity contribution in [2.24, 2.45) is 11.1 Å². The van der Waals surface area contributed by atoms with Gasteiger partial charge in [0.2, 0.25) is 0 Å². The van der Waals surface area contributed by atoms with E-state index < -0.39 is 0 Å². The van der Waals surface area contributed by atoms with Gasteiger partial charge in [-0.1, -0.05) is 25.4 Å². The van der Waals surface area contributed by atoms with Gasteiger partial charge in [-0.2, -0.15) is 0 Å². The first-order chi connectivity index (χ1) is 9.40. The predicted octanol–water partition coefficient (Wildman–Crippen LogP) is 3.95. The van der Waals surface area contributed by atoms with Crippen LogP contribution in [-0.4, -0.2) is 10.6 Å². The third-order valence-corrected chi connectivity index (χ3v) is 5.68. The standard InChI is InChI=1S/C16H21ClN2O/c1-15(2)7-10(15)12-6-9-11(18)8-16(4-3-5-16)20-13(9)14(17)19-12/h6,10-11H,3-5,7-8,18H2,1-2H3/t10?,11-/m0/s1. The number of ether oxygens (including phenoxy) is 1. The third kappa shape index (κ3) is 1.79. The maximum absolute atomic E-state index is 6.39. The highest BCUT2D eigenvalue weighted by atomic mass is 35.5. The highest BCUT2D eigenvalue weighted by molar-refractivity contribution is 6.31. The van der Waals surface area contributed by atoms with Crippen LogP contribution in [0.4, 0.5) is 0 Å². The Labute approximate surface area is 124 Å². The Morgan fingerprint density at radius 3 is 2.60 bits per heavy atom. The van der Waals surface area contributed by atoms with Crippen LogP contribution in [0.25, 0.3) is 0 Å². The fourth-order valence-electron chi connectivity index (χ4n) is 3.71. The molecule has 108 valence electrons. The summed E-state index contributed by atoms with van der Waals surface area (Å²) >= 11 is 6.39. The van der Waals surface area contributed by atoms with Crippen molar-refractivity contribution in [3.8, 4) is 5.75 Å². The molecule has 2 heterocycles. The van der Waals surface area contributed by atoms with Gasteiger partial charge in [-0.15, -0.1) is 0 Å². The first-order valence-electron chi connectivity index (χ1n) is 7.55. The van der Waals surface area contributed by atoms with Crippen molar-refractivity contribution in [3.05, 3.63) is 22.5 Å². The molecule has 2 atom stereocenters. The molecule has 0 saturated heterocycles. The van der Waals surface area contributed by atoms with E-state index in [2.05, 4.69) is 24.9 Å². The zero-order chi connectivity index (χ0) is 14.1. The van der Waals surface area contributed by atoms with E-state index in [9.17, 15) is 0 Å². The van der Waals surface area contributed by atoms with Crippen LogP contribution >= 0.6 is 11.6 Å². The van der Waals surface area contributed by atoms with E-state index in [1.54, 1.807) is 0 Å². The lowest BCUT2D eigenvalue weighted by Crippen LogP contribution is -2.48. The van der Waals surface area contributed by atoms with Crippen molar-refractivity contribution >= 4 is 11.6 Å². The number of aromatic nitrogens is 1. The molecule has 0 amide bonds. The zero-order valence-electron chi connectivity index (χ0n) is 12.1. The van der Waals surface area contributed by atoms with Gasteiger partial charge in [0.05, 0.1) is 0 Å². The van der Waals surface area contributed by atoms with E-state index in [-0.39, 0.29) is 11.6 Å². The minimum atomic E-state index is -0.0574. The number of hydrogen-bond acceptors (Lipinski definition) is 3. The van der Waals surface area contributed by atoms with Crippen LogP contribution in [0.15, 0.2) is 6.07 Å². The fraction of sp³-hybridized carbons (Fsp3) is 0.688. The second-order valence-electron chi connectivity index (χ2n) is 7.45. The average molecular weight is 293 g/mol. The first kappa shape index (κ1) is 12.9. The van der Waals surface area contributed by atoms with Crippen LogP contribution in [0.1, 0.15) is 69.2 Å². The molecule has 0 bridgehead atoms. The number of fused-ring (bicyclic) bond motifs is 1. The number of hydrogen-bond donors (Lipinski definition) is 1. The van der Waals surface area contributed by atoms with E-state index in [1.807, 2.05) is 0 Å². The van der Waals surface area contributed by atoms with Gasteiger partial charge in [0.15, 0.2) is 10.9 Å². The second kappa shape index (κ2) is 3.89. The highest BCUT2D eigenvalue weighted by Crippen LogP contribution is 2.59. The van der Waals surface area contributed by atoms with Gasteiger partial charge in [0.25, 0.3) is 0 Å². The number of pyridine rings is 1. The monoisotopic (exact) mass is 292 g/mol. The van der Waals surface area contributed by atoms with E-state index >= 15 is 0 Å². The molecular weight excluding hydrogens is 272 g/mol. The lowest BCUT2D eigenvalue weighted by molar-refractivity contribution is -0.0332. The molecule has 3 nitrogen and oxygen atoms in total. The van der Waals surface area contributed by atoms with Gasteiger partial charge in [0.1, 0.15) is 5.60 Å². The van der Waals surface area contributed by atoms with E-state index in [1.165, 1.54) is 12.8 Å². The van der Waals surface area contributed by atoms with Crippen molar-refractivity contribution in [1.82, 2.24) is 4.98 Å². The molecule has 2 aliphatic carbocycles. The molecule has 1 aromatic rings. The molecule has 4 heteroatoms. The molecule has 4 rings (SSSR count). The van der Waals surface area contributed by atoms with Crippen LogP contribution in [0.2, 0.25) is 5.15 Å². The van der Waals surface area contributed by atoms with Crippen LogP contribution in [0, 0.1) is 5.41 Å². The maximum Gasteiger partial charge on any atom is 0.171 e. The molecule has 0 radical (unpaired) electrons. The molecule has 2 fully saturated rings. The van der Waals surface area contributed by atoms with Crippen LogP contribution in [0.3, 0.4) is 0 Å². The summed E-state index contributed by atoms with van der Waals surface area (Å²) in [5.74, 6) is 1.25. The zero-order valence-corrected chi connectivity index (χ0v) is 12.8. The molecule has 1 spiro atoms. The van der Waals surface area contributed by atoms with Crippen molar-refractivity contribution in [3.63, 3.8) is 0 Å². The van der Waals surface area contributed by atoms with Crippen molar-refractivity contribution in [2.75, 3.05) is 0 Å². The Morgan fingerprint density at radius 1 is 1.35 bits per heavy atom. The largest absolute Gasteiger partial charge is 0.484 e. The van der Waals surface area contributed by atoms with Crippen LogP contribution in [0.5, 0.6) is 5.75 Å². The Balaban J connectivity index is 1.73. The summed E-state index contributed by atoms with van der Waals surface area (Å²) in [5, 5.41) is 0.502. The normalized spacial score (nSPS) is 32.2. The van der Waals surface area contributed by atoms with Gasteiger partial charge < -0.3 is 10.5 Å². The number of halogens is 1. The topological polar surface area (TPSA) is 48.1 Å². The molecule has 2 saturated carbocycles. The van der Waals surface area contributed by atoms with Crippen LogP contribution in [-0.2, 0) is 0 Å². The molecule has 1 unspecified atom stereocenters.